The summed E-state index contributed by atoms with van der Waals surface area (Å²) >= 11 is 0. The van der Waals surface area contributed by atoms with Gasteiger partial charge in [0, 0.05) is 37.6 Å². The molecule has 1 N–H and O–H groups in total. The third-order valence-electron chi connectivity index (χ3n) is 4.94. The van der Waals surface area contributed by atoms with Gasteiger partial charge in [-0.15, -0.1) is 0 Å². The van der Waals surface area contributed by atoms with Crippen molar-refractivity contribution in [2.45, 2.75) is 26.9 Å². The Hall–Kier alpha value is -2.67. The summed E-state index contributed by atoms with van der Waals surface area (Å²) in [6.45, 7) is 11.5. The predicted molar refractivity (Wildman–Crippen MR) is 107 cm³/mol. The van der Waals surface area contributed by atoms with Crippen molar-refractivity contribution in [2.75, 3.05) is 37.6 Å². The fourth-order valence-corrected chi connectivity index (χ4v) is 3.48. The smallest absolute Gasteiger partial charge is 0.132 e. The molecule has 1 aliphatic rings. The number of ether oxygens (including phenoxy) is 1. The summed E-state index contributed by atoms with van der Waals surface area (Å²) in [7, 11) is 0. The maximum absolute atomic E-state index is 5.83. The van der Waals surface area contributed by atoms with E-state index in [0.29, 0.717) is 0 Å². The Morgan fingerprint density at radius 1 is 1.11 bits per heavy atom. The molecule has 0 radical (unpaired) electrons. The largest absolute Gasteiger partial charge is 0.491 e. The molecular weight excluding hydrogens is 340 g/mol. The van der Waals surface area contributed by atoms with E-state index in [1.165, 1.54) is 0 Å². The molecule has 0 aliphatic carbocycles. The van der Waals surface area contributed by atoms with Gasteiger partial charge < -0.3 is 14.5 Å². The van der Waals surface area contributed by atoms with Crippen molar-refractivity contribution in [1.82, 2.24) is 25.1 Å². The summed E-state index contributed by atoms with van der Waals surface area (Å²) in [5, 5.41) is 8.60. The highest BCUT2D eigenvalue weighted by atomic mass is 16.5. The lowest BCUT2D eigenvalue weighted by Crippen LogP contribution is -2.46. The van der Waals surface area contributed by atoms with Gasteiger partial charge in [0.25, 0.3) is 0 Å². The van der Waals surface area contributed by atoms with E-state index in [1.807, 2.05) is 38.1 Å². The van der Waals surface area contributed by atoms with E-state index in [2.05, 4.69) is 36.9 Å². The van der Waals surface area contributed by atoms with E-state index in [4.69, 9.17) is 4.74 Å². The zero-order valence-electron chi connectivity index (χ0n) is 16.1. The number of likely N-dealkylation sites (N-methyl/N-ethyl adjacent to an activating group) is 1. The minimum atomic E-state index is 0.130. The minimum Gasteiger partial charge on any atom is -0.491 e. The van der Waals surface area contributed by atoms with E-state index >= 15 is 0 Å². The maximum atomic E-state index is 5.83. The zero-order chi connectivity index (χ0) is 18.8. The summed E-state index contributed by atoms with van der Waals surface area (Å²) in [5.41, 5.74) is 2.62. The van der Waals surface area contributed by atoms with Crippen LogP contribution in [0.25, 0.3) is 22.3 Å². The van der Waals surface area contributed by atoms with E-state index in [0.717, 1.165) is 66.6 Å². The summed E-state index contributed by atoms with van der Waals surface area (Å²) in [6, 6.07) is 8.02. The van der Waals surface area contributed by atoms with Gasteiger partial charge in [0.2, 0.25) is 0 Å². The highest BCUT2D eigenvalue weighted by Gasteiger charge is 2.18. The van der Waals surface area contributed by atoms with Gasteiger partial charge >= 0.3 is 0 Å². The fraction of sp³-hybridized carbons (Fsp3) is 0.450. The molecule has 0 saturated carbocycles. The molecule has 1 fully saturated rings. The van der Waals surface area contributed by atoms with Gasteiger partial charge in [-0.2, -0.15) is 5.10 Å². The van der Waals surface area contributed by atoms with Crippen LogP contribution >= 0.6 is 0 Å². The van der Waals surface area contributed by atoms with Crippen molar-refractivity contribution >= 4 is 16.7 Å². The van der Waals surface area contributed by atoms with E-state index in [-0.39, 0.29) is 6.10 Å². The van der Waals surface area contributed by atoms with E-state index in [1.54, 1.807) is 6.33 Å². The molecule has 27 heavy (non-hydrogen) atoms. The minimum absolute atomic E-state index is 0.130. The first-order chi connectivity index (χ1) is 13.1. The molecular formula is C20H26N6O. The molecule has 0 atom stereocenters. The van der Waals surface area contributed by atoms with E-state index in [9.17, 15) is 0 Å². The second-order valence-electron chi connectivity index (χ2n) is 7.13. The highest BCUT2D eigenvalue weighted by molar-refractivity contribution is 5.93. The molecule has 0 spiro atoms. The number of rotatable bonds is 5. The molecule has 3 aromatic rings. The topological polar surface area (TPSA) is 70.2 Å². The first kappa shape index (κ1) is 17.7. The highest BCUT2D eigenvalue weighted by Crippen LogP contribution is 2.29. The van der Waals surface area contributed by atoms with Crippen LogP contribution in [-0.2, 0) is 0 Å². The van der Waals surface area contributed by atoms with Crippen molar-refractivity contribution in [3.05, 3.63) is 30.6 Å². The van der Waals surface area contributed by atoms with Crippen molar-refractivity contribution in [3.8, 4) is 17.1 Å². The third-order valence-corrected chi connectivity index (χ3v) is 4.94. The van der Waals surface area contributed by atoms with Crippen LogP contribution in [0.4, 0.5) is 5.82 Å². The Morgan fingerprint density at radius 2 is 1.93 bits per heavy atom. The van der Waals surface area contributed by atoms with E-state index < -0.39 is 0 Å². The van der Waals surface area contributed by atoms with Crippen molar-refractivity contribution in [1.29, 1.82) is 0 Å². The van der Waals surface area contributed by atoms with Crippen molar-refractivity contribution in [3.63, 3.8) is 0 Å². The first-order valence-electron chi connectivity index (χ1n) is 9.58. The standard InChI is InChI=1S/C20H26N6O/c1-4-25-7-9-26(10-8-25)19-12-18(21-13-22-19)20-16-11-15(27-14(2)3)5-6-17(16)23-24-20/h5-6,11-14H,4,7-10H2,1-3H3,(H,23,24). The van der Waals surface area contributed by atoms with Crippen LogP contribution in [0.1, 0.15) is 20.8 Å². The molecule has 2 aromatic heterocycles. The number of hydrogen-bond donors (Lipinski definition) is 1. The number of anilines is 1. The van der Waals surface area contributed by atoms with Gasteiger partial charge in [0.05, 0.1) is 17.3 Å². The van der Waals surface area contributed by atoms with Crippen LogP contribution in [-0.4, -0.2) is 63.9 Å². The molecule has 1 aromatic carbocycles. The molecule has 7 nitrogen and oxygen atoms in total. The van der Waals surface area contributed by atoms with Crippen LogP contribution in [0, 0.1) is 0 Å². The maximum Gasteiger partial charge on any atom is 0.132 e. The number of H-pyrrole nitrogens is 1. The van der Waals surface area contributed by atoms with Gasteiger partial charge in [-0.3, -0.25) is 5.10 Å². The number of fused-ring (bicyclic) bond motifs is 1. The van der Waals surface area contributed by atoms with Crippen LogP contribution in [0.2, 0.25) is 0 Å². The average molecular weight is 366 g/mol. The Bertz CT molecular complexity index is 914. The molecule has 1 aliphatic heterocycles. The average Bonchev–Trinajstić information content (AvgIpc) is 3.11. The third kappa shape index (κ3) is 3.73. The predicted octanol–water partition coefficient (Wildman–Crippen LogP) is 2.95. The lowest BCUT2D eigenvalue weighted by molar-refractivity contribution is 0.243. The number of hydrogen-bond acceptors (Lipinski definition) is 6. The summed E-state index contributed by atoms with van der Waals surface area (Å²) in [4.78, 5) is 13.7. The summed E-state index contributed by atoms with van der Waals surface area (Å²) in [5.74, 6) is 1.80. The van der Waals surface area contributed by atoms with Gasteiger partial charge in [-0.05, 0) is 38.6 Å². The number of benzene rings is 1. The number of nitrogens with one attached hydrogen (secondary N) is 1. The number of aromatic nitrogens is 4. The molecule has 0 unspecified atom stereocenters. The van der Waals surface area contributed by atoms with Gasteiger partial charge in [-0.1, -0.05) is 6.92 Å². The second kappa shape index (κ2) is 7.52. The Balaban J connectivity index is 1.64. The number of nitrogens with zero attached hydrogens (tertiary/aromatic N) is 5. The molecule has 142 valence electrons. The van der Waals surface area contributed by atoms with Gasteiger partial charge in [0.1, 0.15) is 23.6 Å². The molecule has 4 rings (SSSR count). The number of aromatic amines is 1. The normalized spacial score (nSPS) is 15.6. The van der Waals surface area contributed by atoms with Crippen LogP contribution in [0.15, 0.2) is 30.6 Å². The van der Waals surface area contributed by atoms with Crippen molar-refractivity contribution < 1.29 is 4.74 Å². The van der Waals surface area contributed by atoms with Gasteiger partial charge in [0.15, 0.2) is 0 Å². The van der Waals surface area contributed by atoms with Crippen LogP contribution in [0.5, 0.6) is 5.75 Å². The zero-order valence-corrected chi connectivity index (χ0v) is 16.1. The monoisotopic (exact) mass is 366 g/mol. The van der Waals surface area contributed by atoms with Crippen LogP contribution < -0.4 is 9.64 Å². The molecule has 1 saturated heterocycles. The first-order valence-corrected chi connectivity index (χ1v) is 9.58. The SMILES string of the molecule is CCN1CCN(c2cc(-c3n[nH]c4ccc(OC(C)C)cc34)ncn2)CC1. The fourth-order valence-electron chi connectivity index (χ4n) is 3.48. The van der Waals surface area contributed by atoms with Gasteiger partial charge in [-0.25, -0.2) is 9.97 Å². The summed E-state index contributed by atoms with van der Waals surface area (Å²) in [6.07, 6.45) is 1.76. The lowest BCUT2D eigenvalue weighted by atomic mass is 10.1. The van der Waals surface area contributed by atoms with Crippen molar-refractivity contribution in [2.24, 2.45) is 0 Å². The molecule has 7 heteroatoms. The molecule has 3 heterocycles. The second-order valence-corrected chi connectivity index (χ2v) is 7.13. The summed E-state index contributed by atoms with van der Waals surface area (Å²) < 4.78 is 5.83. The Morgan fingerprint density at radius 3 is 2.67 bits per heavy atom. The quantitative estimate of drug-likeness (QED) is 0.749. The lowest BCUT2D eigenvalue weighted by Gasteiger charge is -2.34. The Labute approximate surface area is 159 Å². The van der Waals surface area contributed by atoms with Crippen LogP contribution in [0.3, 0.4) is 0 Å². The molecule has 0 amide bonds. The number of piperazine rings is 1. The molecule has 0 bridgehead atoms. The Kier molecular flexibility index (Phi) is 4.94.